The summed E-state index contributed by atoms with van der Waals surface area (Å²) in [5.41, 5.74) is 2.86. The van der Waals surface area contributed by atoms with Gasteiger partial charge in [-0.3, -0.25) is 9.59 Å². The van der Waals surface area contributed by atoms with Crippen LogP contribution in [0.15, 0.2) is 71.3 Å². The Morgan fingerprint density at radius 2 is 1.85 bits per heavy atom. The highest BCUT2D eigenvalue weighted by molar-refractivity contribution is 14.1. The van der Waals surface area contributed by atoms with Gasteiger partial charge in [0.05, 0.1) is 6.26 Å². The molecule has 0 saturated heterocycles. The molecule has 6 heteroatoms. The lowest BCUT2D eigenvalue weighted by atomic mass is 9.93. The van der Waals surface area contributed by atoms with Crippen molar-refractivity contribution in [3.05, 3.63) is 87.4 Å². The van der Waals surface area contributed by atoms with Crippen LogP contribution >= 0.6 is 22.6 Å². The number of carbonyl (C=O) groups excluding carboxylic acids is 2. The van der Waals surface area contributed by atoms with Crippen molar-refractivity contribution >= 4 is 40.1 Å². The molecule has 2 aromatic carbocycles. The van der Waals surface area contributed by atoms with E-state index in [1.165, 1.54) is 6.26 Å². The van der Waals surface area contributed by atoms with Gasteiger partial charge in [0.15, 0.2) is 5.76 Å². The minimum atomic E-state index is -0.602. The maximum atomic E-state index is 13.0. The third kappa shape index (κ3) is 3.75. The lowest BCUT2D eigenvalue weighted by Gasteiger charge is -2.35. The van der Waals surface area contributed by atoms with Crippen molar-refractivity contribution in [3.63, 3.8) is 0 Å². The van der Waals surface area contributed by atoms with E-state index >= 15 is 0 Å². The first kappa shape index (κ1) is 17.8. The molecule has 5 nitrogen and oxygen atoms in total. The molecule has 27 heavy (non-hydrogen) atoms. The summed E-state index contributed by atoms with van der Waals surface area (Å²) in [6.07, 6.45) is 1.94. The number of hydrogen-bond acceptors (Lipinski definition) is 3. The van der Waals surface area contributed by atoms with Crippen molar-refractivity contribution in [2.24, 2.45) is 0 Å². The number of benzene rings is 2. The highest BCUT2D eigenvalue weighted by Gasteiger charge is 2.36. The fourth-order valence-corrected chi connectivity index (χ4v) is 3.85. The Kier molecular flexibility index (Phi) is 4.98. The summed E-state index contributed by atoms with van der Waals surface area (Å²) in [5.74, 6) is -0.245. The molecule has 0 fully saturated rings. The number of hydrogen-bond donors (Lipinski definition) is 1. The van der Waals surface area contributed by atoms with Crippen LogP contribution < -0.4 is 5.32 Å². The monoisotopic (exact) mass is 472 g/mol. The average molecular weight is 472 g/mol. The number of nitrogens with zero attached hydrogens (tertiary/aromatic N) is 1. The molecule has 0 radical (unpaired) electrons. The van der Waals surface area contributed by atoms with Gasteiger partial charge in [-0.25, -0.2) is 0 Å². The molecule has 1 unspecified atom stereocenters. The molecule has 1 atom stereocenters. The van der Waals surface area contributed by atoms with Gasteiger partial charge in [-0.15, -0.1) is 0 Å². The quantitative estimate of drug-likeness (QED) is 0.585. The fraction of sp³-hybridized carbons (Fsp3) is 0.143. The van der Waals surface area contributed by atoms with E-state index in [0.29, 0.717) is 13.0 Å². The van der Waals surface area contributed by atoms with E-state index < -0.39 is 6.04 Å². The Morgan fingerprint density at radius 3 is 2.59 bits per heavy atom. The predicted octanol–water partition coefficient (Wildman–Crippen LogP) is 4.09. The number of fused-ring (bicyclic) bond motifs is 1. The van der Waals surface area contributed by atoms with Crippen molar-refractivity contribution in [2.45, 2.75) is 19.0 Å². The lowest BCUT2D eigenvalue weighted by molar-refractivity contribution is -0.121. The summed E-state index contributed by atoms with van der Waals surface area (Å²) < 4.78 is 6.31. The van der Waals surface area contributed by atoms with E-state index in [0.717, 1.165) is 20.4 Å². The van der Waals surface area contributed by atoms with Crippen LogP contribution in [0, 0.1) is 3.57 Å². The number of carbonyl (C=O) groups is 2. The molecule has 136 valence electrons. The molecule has 1 N–H and O–H groups in total. The van der Waals surface area contributed by atoms with Crippen molar-refractivity contribution in [3.8, 4) is 0 Å². The normalized spacial score (nSPS) is 15.9. The van der Waals surface area contributed by atoms with Crippen LogP contribution in [0.5, 0.6) is 0 Å². The Morgan fingerprint density at radius 1 is 1.04 bits per heavy atom. The lowest BCUT2D eigenvalue weighted by Crippen LogP contribution is -2.50. The maximum Gasteiger partial charge on any atom is 0.290 e. The zero-order valence-corrected chi connectivity index (χ0v) is 16.5. The van der Waals surface area contributed by atoms with Gasteiger partial charge in [0, 0.05) is 22.2 Å². The van der Waals surface area contributed by atoms with Crippen LogP contribution in [0.1, 0.15) is 21.7 Å². The summed E-state index contributed by atoms with van der Waals surface area (Å²) in [5, 5.41) is 2.95. The molecular weight excluding hydrogens is 455 g/mol. The number of halogens is 1. The summed E-state index contributed by atoms with van der Waals surface area (Å²) in [7, 11) is 0. The van der Waals surface area contributed by atoms with Crippen molar-refractivity contribution in [1.29, 1.82) is 0 Å². The molecule has 1 aromatic heterocycles. The van der Waals surface area contributed by atoms with Gasteiger partial charge in [0.25, 0.3) is 5.91 Å². The first-order valence-electron chi connectivity index (χ1n) is 8.59. The second-order valence-corrected chi connectivity index (χ2v) is 7.64. The van der Waals surface area contributed by atoms with Crippen molar-refractivity contribution in [1.82, 2.24) is 4.90 Å². The van der Waals surface area contributed by atoms with Crippen LogP contribution in [0.4, 0.5) is 5.69 Å². The van der Waals surface area contributed by atoms with Crippen molar-refractivity contribution in [2.75, 3.05) is 5.32 Å². The first-order chi connectivity index (χ1) is 13.1. The summed E-state index contributed by atoms with van der Waals surface area (Å²) in [6.45, 7) is 0.375. The third-order valence-corrected chi connectivity index (χ3v) is 5.31. The standard InChI is InChI=1S/C21H17IN2O3/c22-16-7-3-8-17(12-16)23-20(25)18-11-14-5-1-2-6-15(14)13-24(18)21(26)19-9-4-10-27-19/h1-10,12,18H,11,13H2,(H,23,25). The minimum Gasteiger partial charge on any atom is -0.459 e. The van der Waals surface area contributed by atoms with Crippen LogP contribution in [0.3, 0.4) is 0 Å². The second kappa shape index (κ2) is 7.56. The number of furan rings is 1. The average Bonchev–Trinajstić information content (AvgIpc) is 3.21. The molecule has 3 aromatic rings. The third-order valence-electron chi connectivity index (χ3n) is 4.64. The molecule has 1 aliphatic heterocycles. The van der Waals surface area contributed by atoms with Gasteiger partial charge < -0.3 is 14.6 Å². The van der Waals surface area contributed by atoms with Gasteiger partial charge in [0.2, 0.25) is 5.91 Å². The van der Waals surface area contributed by atoms with Crippen molar-refractivity contribution < 1.29 is 14.0 Å². The van der Waals surface area contributed by atoms with E-state index in [9.17, 15) is 9.59 Å². The molecule has 0 aliphatic carbocycles. The second-order valence-electron chi connectivity index (χ2n) is 6.40. The first-order valence-corrected chi connectivity index (χ1v) is 9.67. The van der Waals surface area contributed by atoms with Gasteiger partial charge in [0.1, 0.15) is 6.04 Å². The molecule has 2 heterocycles. The Hall–Kier alpha value is -2.61. The molecule has 0 spiro atoms. The van der Waals surface area contributed by atoms with Crippen LogP contribution in [-0.2, 0) is 17.8 Å². The highest BCUT2D eigenvalue weighted by Crippen LogP contribution is 2.26. The largest absolute Gasteiger partial charge is 0.459 e. The topological polar surface area (TPSA) is 62.6 Å². The highest BCUT2D eigenvalue weighted by atomic mass is 127. The Labute approximate surface area is 170 Å². The maximum absolute atomic E-state index is 13.0. The Balaban J connectivity index is 1.64. The van der Waals surface area contributed by atoms with Gasteiger partial charge >= 0.3 is 0 Å². The molecule has 4 rings (SSSR count). The number of nitrogens with one attached hydrogen (secondary N) is 1. The summed E-state index contributed by atoms with van der Waals surface area (Å²) in [6, 6.07) is 18.2. The van der Waals surface area contributed by atoms with E-state index in [1.807, 2.05) is 48.5 Å². The summed E-state index contributed by atoms with van der Waals surface area (Å²) in [4.78, 5) is 27.6. The van der Waals surface area contributed by atoms with Gasteiger partial charge in [-0.05, 0) is 64.0 Å². The minimum absolute atomic E-state index is 0.202. The predicted molar refractivity (Wildman–Crippen MR) is 110 cm³/mol. The molecule has 1 aliphatic rings. The molecular formula is C21H17IN2O3. The van der Waals surface area contributed by atoms with Crippen LogP contribution in [0.2, 0.25) is 0 Å². The Bertz CT molecular complexity index is 985. The van der Waals surface area contributed by atoms with Crippen LogP contribution in [-0.4, -0.2) is 22.8 Å². The zero-order valence-electron chi connectivity index (χ0n) is 14.4. The zero-order chi connectivity index (χ0) is 18.8. The van der Waals surface area contributed by atoms with Gasteiger partial charge in [-0.2, -0.15) is 0 Å². The van der Waals surface area contributed by atoms with E-state index in [1.54, 1.807) is 17.0 Å². The molecule has 0 saturated carbocycles. The molecule has 0 bridgehead atoms. The van der Waals surface area contributed by atoms with E-state index in [2.05, 4.69) is 27.9 Å². The molecule has 2 amide bonds. The SMILES string of the molecule is O=C(Nc1cccc(I)c1)C1Cc2ccccc2CN1C(=O)c1ccco1. The number of amides is 2. The van der Waals surface area contributed by atoms with Crippen LogP contribution in [0.25, 0.3) is 0 Å². The summed E-state index contributed by atoms with van der Waals surface area (Å²) >= 11 is 2.20. The number of rotatable bonds is 3. The fourth-order valence-electron chi connectivity index (χ4n) is 3.30. The van der Waals surface area contributed by atoms with Gasteiger partial charge in [-0.1, -0.05) is 30.3 Å². The van der Waals surface area contributed by atoms with E-state index in [4.69, 9.17) is 4.42 Å². The van der Waals surface area contributed by atoms with E-state index in [-0.39, 0.29) is 17.6 Å². The number of anilines is 1. The smallest absolute Gasteiger partial charge is 0.290 e.